The highest BCUT2D eigenvalue weighted by molar-refractivity contribution is 6.32. The van der Waals surface area contributed by atoms with Crippen LogP contribution >= 0.6 is 0 Å². The zero-order chi connectivity index (χ0) is 24.4. The fourth-order valence-corrected chi connectivity index (χ4v) is 4.57. The lowest BCUT2D eigenvalue weighted by Gasteiger charge is -2.35. The summed E-state index contributed by atoms with van der Waals surface area (Å²) in [4.78, 5) is 38.9. The van der Waals surface area contributed by atoms with Crippen LogP contribution in [0.25, 0.3) is 22.2 Å². The van der Waals surface area contributed by atoms with Gasteiger partial charge >= 0.3 is 11.9 Å². The van der Waals surface area contributed by atoms with E-state index in [1.54, 1.807) is 25.4 Å². The summed E-state index contributed by atoms with van der Waals surface area (Å²) in [7, 11) is 1.69. The molecule has 2 aliphatic rings. The van der Waals surface area contributed by atoms with Crippen molar-refractivity contribution >= 4 is 28.5 Å². The Bertz CT molecular complexity index is 1250. The lowest BCUT2D eigenvalue weighted by atomic mass is 10.0. The van der Waals surface area contributed by atoms with Crippen molar-refractivity contribution in [3.63, 3.8) is 0 Å². The van der Waals surface area contributed by atoms with Gasteiger partial charge in [-0.1, -0.05) is 25.1 Å². The molecule has 1 aromatic carbocycles. The molecule has 0 amide bonds. The van der Waals surface area contributed by atoms with Gasteiger partial charge in [0.25, 0.3) is 0 Å². The Labute approximate surface area is 203 Å². The number of likely N-dealkylation sites (N-methyl/N-ethyl adjacent to an activating group) is 1. The van der Waals surface area contributed by atoms with Gasteiger partial charge in [-0.15, -0.1) is 0 Å². The Balaban J connectivity index is 1.63. The lowest BCUT2D eigenvalue weighted by molar-refractivity contribution is -0.155. The number of anilines is 1. The molecule has 0 aliphatic carbocycles. The molecule has 1 fully saturated rings. The second-order valence-corrected chi connectivity index (χ2v) is 8.64. The van der Waals surface area contributed by atoms with Crippen LogP contribution in [0.2, 0.25) is 0 Å². The lowest BCUT2D eigenvalue weighted by Crippen LogP contribution is -2.46. The van der Waals surface area contributed by atoms with Crippen LogP contribution in [0, 0.1) is 0 Å². The summed E-state index contributed by atoms with van der Waals surface area (Å²) in [5.41, 5.74) is 2.04. The van der Waals surface area contributed by atoms with Crippen LogP contribution in [0.15, 0.2) is 36.5 Å². The summed E-state index contributed by atoms with van der Waals surface area (Å²) in [5, 5.41) is 1.32. The number of aryl methyl sites for hydroxylation is 1. The second kappa shape index (κ2) is 9.97. The van der Waals surface area contributed by atoms with Crippen molar-refractivity contribution in [2.45, 2.75) is 19.8 Å². The SMILES string of the molecule is CCN1CCN(c2nc(-c3ccc(CCCOC)cn3)c3c4c(cccc24)OC(=O)C(=O)O3)CC1. The van der Waals surface area contributed by atoms with E-state index in [1.807, 2.05) is 18.2 Å². The van der Waals surface area contributed by atoms with Gasteiger partial charge in [-0.25, -0.2) is 14.6 Å². The van der Waals surface area contributed by atoms with E-state index in [2.05, 4.69) is 21.7 Å². The molecule has 0 atom stereocenters. The Hall–Kier alpha value is -3.56. The topological polar surface area (TPSA) is 94.1 Å². The highest BCUT2D eigenvalue weighted by Crippen LogP contribution is 2.45. The molecule has 4 heterocycles. The van der Waals surface area contributed by atoms with Crippen molar-refractivity contribution < 1.29 is 23.8 Å². The van der Waals surface area contributed by atoms with Gasteiger partial charge in [-0.3, -0.25) is 4.98 Å². The van der Waals surface area contributed by atoms with Gasteiger partial charge in [-0.2, -0.15) is 0 Å². The van der Waals surface area contributed by atoms with E-state index < -0.39 is 11.9 Å². The van der Waals surface area contributed by atoms with Gasteiger partial charge in [0.15, 0.2) is 5.75 Å². The second-order valence-electron chi connectivity index (χ2n) is 8.64. The first-order chi connectivity index (χ1) is 17.1. The minimum atomic E-state index is -1.08. The van der Waals surface area contributed by atoms with Crippen molar-refractivity contribution in [3.05, 3.63) is 42.1 Å². The quantitative estimate of drug-likeness (QED) is 0.221. The van der Waals surface area contributed by atoms with Crippen LogP contribution in [0.5, 0.6) is 11.5 Å². The molecule has 2 aromatic heterocycles. The van der Waals surface area contributed by atoms with Gasteiger partial charge < -0.3 is 24.0 Å². The van der Waals surface area contributed by atoms with Crippen molar-refractivity contribution in [1.82, 2.24) is 14.9 Å². The monoisotopic (exact) mass is 476 g/mol. The number of pyridine rings is 2. The maximum absolute atomic E-state index is 12.4. The number of nitrogens with zero attached hydrogens (tertiary/aromatic N) is 4. The standard InChI is InChI=1S/C26H28N4O5/c1-3-29-11-13-30(14-12-29)24-18-7-4-8-20-21(18)23(35-26(32)25(31)34-20)22(28-24)19-10-9-17(16-27-19)6-5-15-33-2/h4,7-10,16H,3,5-6,11-15H2,1-2H3. The Morgan fingerprint density at radius 2 is 1.83 bits per heavy atom. The number of benzene rings is 1. The first-order valence-corrected chi connectivity index (χ1v) is 11.9. The van der Waals surface area contributed by atoms with E-state index in [9.17, 15) is 9.59 Å². The summed E-state index contributed by atoms with van der Waals surface area (Å²) >= 11 is 0. The number of carbonyl (C=O) groups excluding carboxylic acids is 2. The maximum Gasteiger partial charge on any atom is 0.423 e. The van der Waals surface area contributed by atoms with E-state index in [1.165, 1.54) is 0 Å². The predicted molar refractivity (Wildman–Crippen MR) is 131 cm³/mol. The molecule has 35 heavy (non-hydrogen) atoms. The van der Waals surface area contributed by atoms with Crippen LogP contribution < -0.4 is 14.4 Å². The van der Waals surface area contributed by atoms with E-state index in [0.717, 1.165) is 62.3 Å². The highest BCUT2D eigenvalue weighted by atomic mass is 16.6. The number of methoxy groups -OCH3 is 1. The van der Waals surface area contributed by atoms with E-state index >= 15 is 0 Å². The van der Waals surface area contributed by atoms with Gasteiger partial charge in [0.05, 0.1) is 11.1 Å². The highest BCUT2D eigenvalue weighted by Gasteiger charge is 2.32. The molecule has 9 nitrogen and oxygen atoms in total. The molecule has 182 valence electrons. The number of hydrogen-bond donors (Lipinski definition) is 0. The van der Waals surface area contributed by atoms with Crippen LogP contribution in [-0.2, 0) is 20.7 Å². The first-order valence-electron chi connectivity index (χ1n) is 11.9. The number of aromatic nitrogens is 2. The summed E-state index contributed by atoms with van der Waals surface area (Å²) < 4.78 is 16.1. The molecule has 0 radical (unpaired) electrons. The van der Waals surface area contributed by atoms with Crippen LogP contribution in [0.1, 0.15) is 18.9 Å². The average Bonchev–Trinajstić information content (AvgIpc) is 3.02. The van der Waals surface area contributed by atoms with Gasteiger partial charge in [0.2, 0.25) is 0 Å². The van der Waals surface area contributed by atoms with Crippen molar-refractivity contribution in [2.24, 2.45) is 0 Å². The Morgan fingerprint density at radius 1 is 1.03 bits per heavy atom. The largest absolute Gasteiger partial charge is 0.423 e. The molecule has 0 unspecified atom stereocenters. The molecule has 9 heteroatoms. The molecular formula is C26H28N4O5. The number of hydrogen-bond acceptors (Lipinski definition) is 9. The van der Waals surface area contributed by atoms with Crippen LogP contribution in [0.3, 0.4) is 0 Å². The minimum absolute atomic E-state index is 0.196. The molecule has 0 saturated carbocycles. The normalized spacial score (nSPS) is 16.2. The number of ether oxygens (including phenoxy) is 3. The summed E-state index contributed by atoms with van der Waals surface area (Å²) in [6.45, 7) is 7.31. The average molecular weight is 477 g/mol. The van der Waals surface area contributed by atoms with Crippen molar-refractivity contribution in [3.8, 4) is 22.9 Å². The number of piperazine rings is 1. The molecule has 0 N–H and O–H groups in total. The molecule has 3 aromatic rings. The number of esters is 2. The van der Waals surface area contributed by atoms with Gasteiger partial charge in [0.1, 0.15) is 17.3 Å². The van der Waals surface area contributed by atoms with E-state index in [4.69, 9.17) is 19.2 Å². The summed E-state index contributed by atoms with van der Waals surface area (Å²) in [5.74, 6) is -0.898. The summed E-state index contributed by atoms with van der Waals surface area (Å²) in [6, 6.07) is 9.24. The fraction of sp³-hybridized carbons (Fsp3) is 0.385. The van der Waals surface area contributed by atoms with Crippen LogP contribution in [-0.4, -0.2) is 73.2 Å². The molecular weight excluding hydrogens is 448 g/mol. The molecule has 0 spiro atoms. The van der Waals surface area contributed by atoms with E-state index in [0.29, 0.717) is 23.4 Å². The fourth-order valence-electron chi connectivity index (χ4n) is 4.57. The molecule has 5 rings (SSSR count). The van der Waals surface area contributed by atoms with Crippen molar-refractivity contribution in [1.29, 1.82) is 0 Å². The summed E-state index contributed by atoms with van der Waals surface area (Å²) in [6.07, 6.45) is 3.54. The third-order valence-corrected chi connectivity index (χ3v) is 6.49. The first kappa shape index (κ1) is 23.2. The van der Waals surface area contributed by atoms with E-state index in [-0.39, 0.29) is 11.5 Å². The van der Waals surface area contributed by atoms with Crippen LogP contribution in [0.4, 0.5) is 5.82 Å². The van der Waals surface area contributed by atoms with Crippen molar-refractivity contribution in [2.75, 3.05) is 51.3 Å². The zero-order valence-electron chi connectivity index (χ0n) is 20.0. The van der Waals surface area contributed by atoms with Gasteiger partial charge in [-0.05, 0) is 37.1 Å². The molecule has 0 bridgehead atoms. The Kier molecular flexibility index (Phi) is 6.61. The third-order valence-electron chi connectivity index (χ3n) is 6.49. The number of rotatable bonds is 7. The minimum Gasteiger partial charge on any atom is -0.417 e. The van der Waals surface area contributed by atoms with Gasteiger partial charge in [0, 0.05) is 51.5 Å². The smallest absolute Gasteiger partial charge is 0.417 e. The third kappa shape index (κ3) is 4.56. The zero-order valence-corrected chi connectivity index (χ0v) is 20.0. The maximum atomic E-state index is 12.4. The molecule has 1 saturated heterocycles. The predicted octanol–water partition coefficient (Wildman–Crippen LogP) is 2.84. The Morgan fingerprint density at radius 3 is 2.54 bits per heavy atom. The number of carbonyl (C=O) groups is 2. The molecule has 2 aliphatic heterocycles.